The number of rotatable bonds is 5. The van der Waals surface area contributed by atoms with E-state index < -0.39 is 0 Å². The van der Waals surface area contributed by atoms with E-state index in [4.69, 9.17) is 0 Å². The van der Waals surface area contributed by atoms with Crippen molar-refractivity contribution in [2.45, 2.75) is 17.6 Å². The van der Waals surface area contributed by atoms with Crippen LogP contribution in [0.15, 0.2) is 59.5 Å². The van der Waals surface area contributed by atoms with Gasteiger partial charge < -0.3 is 0 Å². The fraction of sp³-hybridized carbons (Fsp3) is 0.118. The third-order valence-electron chi connectivity index (χ3n) is 3.12. The van der Waals surface area contributed by atoms with E-state index in [1.54, 1.807) is 11.8 Å². The molecule has 116 valence electrons. The summed E-state index contributed by atoms with van der Waals surface area (Å²) >= 11 is 3.02. The van der Waals surface area contributed by atoms with Crippen LogP contribution in [-0.4, -0.2) is 16.1 Å². The molecule has 0 aliphatic heterocycles. The molecule has 3 rings (SSSR count). The monoisotopic (exact) mass is 341 g/mol. The highest BCUT2D eigenvalue weighted by Crippen LogP contribution is 2.27. The molecule has 0 saturated carbocycles. The van der Waals surface area contributed by atoms with Crippen LogP contribution in [0.4, 0.5) is 5.13 Å². The average molecular weight is 341 g/mol. The zero-order valence-electron chi connectivity index (χ0n) is 12.5. The van der Waals surface area contributed by atoms with E-state index >= 15 is 0 Å². The Balaban J connectivity index is 1.73. The van der Waals surface area contributed by atoms with Crippen molar-refractivity contribution in [3.05, 3.63) is 70.7 Å². The van der Waals surface area contributed by atoms with E-state index in [-0.39, 0.29) is 5.91 Å². The summed E-state index contributed by atoms with van der Waals surface area (Å²) in [4.78, 5) is 13.4. The first-order chi connectivity index (χ1) is 11.2. The molecule has 1 aromatic heterocycles. The molecule has 0 aliphatic carbocycles. The van der Waals surface area contributed by atoms with E-state index in [1.165, 1.54) is 16.9 Å². The minimum absolute atomic E-state index is 0.155. The number of carbonyl (C=O) groups is 1. The molecule has 0 atom stereocenters. The van der Waals surface area contributed by atoms with Crippen LogP contribution >= 0.6 is 23.1 Å². The van der Waals surface area contributed by atoms with Crippen LogP contribution in [0.2, 0.25) is 0 Å². The van der Waals surface area contributed by atoms with Crippen molar-refractivity contribution in [1.82, 2.24) is 10.2 Å². The van der Waals surface area contributed by atoms with Crippen molar-refractivity contribution < 1.29 is 4.79 Å². The lowest BCUT2D eigenvalue weighted by molar-refractivity contribution is 0.102. The van der Waals surface area contributed by atoms with E-state index in [1.807, 2.05) is 49.4 Å². The second kappa shape index (κ2) is 7.39. The minimum Gasteiger partial charge on any atom is -0.296 e. The summed E-state index contributed by atoms with van der Waals surface area (Å²) in [7, 11) is 0. The van der Waals surface area contributed by atoms with Gasteiger partial charge in [-0.25, -0.2) is 0 Å². The zero-order valence-corrected chi connectivity index (χ0v) is 14.2. The Morgan fingerprint density at radius 1 is 1.09 bits per heavy atom. The van der Waals surface area contributed by atoms with Crippen molar-refractivity contribution in [2.24, 2.45) is 0 Å². The summed E-state index contributed by atoms with van der Waals surface area (Å²) in [6, 6.07) is 17.8. The van der Waals surface area contributed by atoms with Gasteiger partial charge in [-0.1, -0.05) is 53.8 Å². The first-order valence-corrected chi connectivity index (χ1v) is 8.90. The maximum absolute atomic E-state index is 12.5. The summed E-state index contributed by atoms with van der Waals surface area (Å²) in [6.45, 7) is 1.86. The number of nitrogens with zero attached hydrogens (tertiary/aromatic N) is 2. The Morgan fingerprint density at radius 3 is 2.57 bits per heavy atom. The van der Waals surface area contributed by atoms with E-state index in [9.17, 15) is 4.79 Å². The van der Waals surface area contributed by atoms with E-state index in [0.717, 1.165) is 15.7 Å². The lowest BCUT2D eigenvalue weighted by Crippen LogP contribution is -2.12. The van der Waals surface area contributed by atoms with Crippen molar-refractivity contribution in [2.75, 3.05) is 5.32 Å². The number of hydrogen-bond acceptors (Lipinski definition) is 5. The highest BCUT2D eigenvalue weighted by atomic mass is 32.2. The first kappa shape index (κ1) is 15.7. The van der Waals surface area contributed by atoms with Gasteiger partial charge >= 0.3 is 0 Å². The van der Waals surface area contributed by atoms with Crippen LogP contribution in [-0.2, 0) is 5.75 Å². The smallest absolute Gasteiger partial charge is 0.258 e. The van der Waals surface area contributed by atoms with Crippen LogP contribution in [0.5, 0.6) is 0 Å². The van der Waals surface area contributed by atoms with Crippen molar-refractivity contribution >= 4 is 34.1 Å². The number of aromatic nitrogens is 2. The summed E-state index contributed by atoms with van der Waals surface area (Å²) in [5.74, 6) is 0.667. The molecule has 0 saturated heterocycles. The fourth-order valence-corrected chi connectivity index (χ4v) is 3.62. The van der Waals surface area contributed by atoms with Gasteiger partial charge in [-0.3, -0.25) is 10.1 Å². The summed E-state index contributed by atoms with van der Waals surface area (Å²) in [5.41, 5.74) is 1.88. The maximum atomic E-state index is 12.5. The number of amides is 1. The number of anilines is 1. The highest BCUT2D eigenvalue weighted by molar-refractivity contribution is 7.98. The molecule has 0 radical (unpaired) electrons. The number of nitrogens with one attached hydrogen (secondary N) is 1. The number of benzene rings is 2. The first-order valence-electron chi connectivity index (χ1n) is 7.09. The average Bonchev–Trinajstić information content (AvgIpc) is 2.99. The number of thioether (sulfide) groups is 1. The molecule has 23 heavy (non-hydrogen) atoms. The van der Waals surface area contributed by atoms with Gasteiger partial charge in [0.1, 0.15) is 5.01 Å². The molecule has 1 heterocycles. The summed E-state index contributed by atoms with van der Waals surface area (Å²) in [5, 5.41) is 12.0. The predicted octanol–water partition coefficient (Wildman–Crippen LogP) is 4.39. The van der Waals surface area contributed by atoms with Crippen molar-refractivity contribution in [3.63, 3.8) is 0 Å². The highest BCUT2D eigenvalue weighted by Gasteiger charge is 2.13. The van der Waals surface area contributed by atoms with Crippen molar-refractivity contribution in [3.8, 4) is 0 Å². The molecule has 2 aromatic carbocycles. The van der Waals surface area contributed by atoms with Crippen molar-refractivity contribution in [1.29, 1.82) is 0 Å². The molecule has 0 unspecified atom stereocenters. The summed E-state index contributed by atoms with van der Waals surface area (Å²) in [6.07, 6.45) is 0. The number of aryl methyl sites for hydroxylation is 1. The SMILES string of the molecule is Cc1nnc(NC(=O)c2ccccc2SCc2ccccc2)s1. The van der Waals surface area contributed by atoms with Gasteiger partial charge in [0.15, 0.2) is 0 Å². The van der Waals surface area contributed by atoms with Gasteiger partial charge in [0.05, 0.1) is 5.56 Å². The second-order valence-corrected chi connectivity index (χ2v) is 7.05. The van der Waals surface area contributed by atoms with Gasteiger partial charge in [0.25, 0.3) is 5.91 Å². The molecule has 0 spiro atoms. The van der Waals surface area contributed by atoms with Crippen LogP contribution in [0.1, 0.15) is 20.9 Å². The van der Waals surface area contributed by atoms with Crippen LogP contribution in [0.25, 0.3) is 0 Å². The fourth-order valence-electron chi connectivity index (χ4n) is 2.03. The van der Waals surface area contributed by atoms with Gasteiger partial charge in [-0.15, -0.1) is 22.0 Å². The van der Waals surface area contributed by atoms with Crippen LogP contribution in [0, 0.1) is 6.92 Å². The maximum Gasteiger partial charge on any atom is 0.258 e. The second-order valence-electron chi connectivity index (χ2n) is 4.85. The third kappa shape index (κ3) is 4.18. The number of carbonyl (C=O) groups excluding carboxylic acids is 1. The van der Waals surface area contributed by atoms with Crippen LogP contribution in [0.3, 0.4) is 0 Å². The minimum atomic E-state index is -0.155. The molecule has 6 heteroatoms. The predicted molar refractivity (Wildman–Crippen MR) is 95.0 cm³/mol. The van der Waals surface area contributed by atoms with Gasteiger partial charge in [0, 0.05) is 10.6 Å². The largest absolute Gasteiger partial charge is 0.296 e. The molecule has 0 fully saturated rings. The molecule has 4 nitrogen and oxygen atoms in total. The van der Waals surface area contributed by atoms with Crippen LogP contribution < -0.4 is 5.32 Å². The van der Waals surface area contributed by atoms with Gasteiger partial charge in [0.2, 0.25) is 5.13 Å². The molecule has 0 bridgehead atoms. The molecule has 3 aromatic rings. The van der Waals surface area contributed by atoms with Gasteiger partial charge in [-0.2, -0.15) is 0 Å². The summed E-state index contributed by atoms with van der Waals surface area (Å²) < 4.78 is 0. The normalized spacial score (nSPS) is 10.5. The Labute approximate surface area is 143 Å². The molecular weight excluding hydrogens is 326 g/mol. The lowest BCUT2D eigenvalue weighted by Gasteiger charge is -2.08. The zero-order chi connectivity index (χ0) is 16.1. The Bertz CT molecular complexity index is 802. The van der Waals surface area contributed by atoms with E-state index in [2.05, 4.69) is 27.6 Å². The molecule has 0 aliphatic rings. The van der Waals surface area contributed by atoms with Gasteiger partial charge in [-0.05, 0) is 24.6 Å². The third-order valence-corrected chi connectivity index (χ3v) is 5.01. The lowest BCUT2D eigenvalue weighted by atomic mass is 10.2. The number of hydrogen-bond donors (Lipinski definition) is 1. The van der Waals surface area contributed by atoms with E-state index in [0.29, 0.717) is 10.7 Å². The molecule has 1 amide bonds. The molecular formula is C17H15N3OS2. The Morgan fingerprint density at radius 2 is 1.83 bits per heavy atom. The topological polar surface area (TPSA) is 54.9 Å². The Hall–Kier alpha value is -2.18. The standard InChI is InChI=1S/C17H15N3OS2/c1-12-19-20-17(23-12)18-16(21)14-9-5-6-10-15(14)22-11-13-7-3-2-4-8-13/h2-10H,11H2,1H3,(H,18,20,21). The Kier molecular flexibility index (Phi) is 5.05. The molecule has 1 N–H and O–H groups in total. The quantitative estimate of drug-likeness (QED) is 0.699.